The van der Waals surface area contributed by atoms with Crippen LogP contribution in [-0.2, 0) is 22.6 Å². The summed E-state index contributed by atoms with van der Waals surface area (Å²) in [5.74, 6) is -0.298. The molecule has 7 heteroatoms. The summed E-state index contributed by atoms with van der Waals surface area (Å²) in [6, 6.07) is 21.5. The van der Waals surface area contributed by atoms with Gasteiger partial charge in [0.2, 0.25) is 0 Å². The number of amides is 1. The van der Waals surface area contributed by atoms with Crippen LogP contribution in [0.2, 0.25) is 0 Å². The molecule has 1 aliphatic carbocycles. The molecule has 1 amide bonds. The molecule has 1 aliphatic rings. The first-order valence-corrected chi connectivity index (χ1v) is 11.6. The van der Waals surface area contributed by atoms with E-state index in [2.05, 4.69) is 0 Å². The number of ether oxygens (including phenoxy) is 2. The van der Waals surface area contributed by atoms with Crippen LogP contribution < -0.4 is 10.5 Å². The van der Waals surface area contributed by atoms with Crippen LogP contribution in [0.5, 0.6) is 11.5 Å². The maximum Gasteiger partial charge on any atom is 0.339 e. The van der Waals surface area contributed by atoms with Gasteiger partial charge >= 0.3 is 5.97 Å². The molecule has 5 rings (SSSR count). The minimum atomic E-state index is -0.566. The zero-order chi connectivity index (χ0) is 25.1. The lowest BCUT2D eigenvalue weighted by atomic mass is 10.0. The molecular weight excluding hydrogens is 456 g/mol. The number of nitrogens with two attached hydrogens (primary N) is 1. The van der Waals surface area contributed by atoms with Gasteiger partial charge < -0.3 is 20.3 Å². The molecule has 4 aromatic rings. The van der Waals surface area contributed by atoms with Gasteiger partial charge in [-0.05, 0) is 71.5 Å². The van der Waals surface area contributed by atoms with Gasteiger partial charge in [-0.15, -0.1) is 0 Å². The number of aromatic nitrogens is 1. The third-order valence-electron chi connectivity index (χ3n) is 6.03. The first kappa shape index (κ1) is 23.1. The molecule has 0 aliphatic heterocycles. The summed E-state index contributed by atoms with van der Waals surface area (Å²) in [5.41, 5.74) is 10.8. The molecule has 0 bridgehead atoms. The fourth-order valence-corrected chi connectivity index (χ4v) is 4.38. The standard InChI is InChI=1S/C29H24N2O5/c30-26(33)17-35-22-5-3-4-19(15-22)16-36-29(34)27-23-6-1-2-7-25(23)31-28-20(10-13-24(27)28)14-18-8-11-21(32)12-9-18/h1-9,11-12,14-15,32H,10,13,16-17H2,(H2,30,33)/b20-14-. The number of para-hydroxylation sites is 1. The highest BCUT2D eigenvalue weighted by molar-refractivity contribution is 6.07. The van der Waals surface area contributed by atoms with Crippen molar-refractivity contribution in [3.8, 4) is 11.5 Å². The van der Waals surface area contributed by atoms with E-state index in [0.717, 1.165) is 45.3 Å². The van der Waals surface area contributed by atoms with Gasteiger partial charge in [-0.3, -0.25) is 4.79 Å². The number of nitrogens with zero attached hydrogens (tertiary/aromatic N) is 1. The van der Waals surface area contributed by atoms with Crippen molar-refractivity contribution in [2.75, 3.05) is 6.61 Å². The smallest absolute Gasteiger partial charge is 0.339 e. The van der Waals surface area contributed by atoms with E-state index in [1.165, 1.54) is 0 Å². The van der Waals surface area contributed by atoms with E-state index >= 15 is 0 Å². The van der Waals surface area contributed by atoms with Crippen LogP contribution >= 0.6 is 0 Å². The van der Waals surface area contributed by atoms with Crippen molar-refractivity contribution in [1.29, 1.82) is 0 Å². The summed E-state index contributed by atoms with van der Waals surface area (Å²) in [7, 11) is 0. The fraction of sp³-hybridized carbons (Fsp3) is 0.138. The minimum Gasteiger partial charge on any atom is -0.508 e. The highest BCUT2D eigenvalue weighted by atomic mass is 16.5. The number of carbonyl (C=O) groups is 2. The molecule has 3 aromatic carbocycles. The summed E-state index contributed by atoms with van der Waals surface area (Å²) in [6.45, 7) is -0.174. The average molecular weight is 481 g/mol. The van der Waals surface area contributed by atoms with E-state index < -0.39 is 11.9 Å². The zero-order valence-corrected chi connectivity index (χ0v) is 19.4. The van der Waals surface area contributed by atoms with Crippen molar-refractivity contribution in [3.63, 3.8) is 0 Å². The van der Waals surface area contributed by atoms with Crippen molar-refractivity contribution in [3.05, 3.63) is 101 Å². The van der Waals surface area contributed by atoms with Gasteiger partial charge in [0.1, 0.15) is 18.1 Å². The normalized spacial score (nSPS) is 13.5. The van der Waals surface area contributed by atoms with Crippen molar-refractivity contribution < 1.29 is 24.2 Å². The van der Waals surface area contributed by atoms with Crippen molar-refractivity contribution in [2.45, 2.75) is 19.4 Å². The molecule has 0 unspecified atom stereocenters. The minimum absolute atomic E-state index is 0.0498. The van der Waals surface area contributed by atoms with E-state index in [1.54, 1.807) is 30.3 Å². The average Bonchev–Trinajstić information content (AvgIpc) is 3.28. The van der Waals surface area contributed by atoms with Crippen LogP contribution in [0, 0.1) is 0 Å². The fourth-order valence-electron chi connectivity index (χ4n) is 4.38. The van der Waals surface area contributed by atoms with E-state index in [0.29, 0.717) is 17.7 Å². The third-order valence-corrected chi connectivity index (χ3v) is 6.03. The van der Waals surface area contributed by atoms with E-state index in [1.807, 2.05) is 48.5 Å². The highest BCUT2D eigenvalue weighted by Crippen LogP contribution is 2.38. The number of phenolic OH excluding ortho intramolecular Hbond substituents is 1. The Morgan fingerprint density at radius 3 is 2.61 bits per heavy atom. The van der Waals surface area contributed by atoms with Gasteiger partial charge in [-0.2, -0.15) is 0 Å². The lowest BCUT2D eigenvalue weighted by molar-refractivity contribution is -0.119. The summed E-state index contributed by atoms with van der Waals surface area (Å²) in [5, 5.41) is 10.3. The molecule has 0 radical (unpaired) electrons. The number of primary amides is 1. The zero-order valence-electron chi connectivity index (χ0n) is 19.4. The van der Waals surface area contributed by atoms with Gasteiger partial charge in [0.05, 0.1) is 16.8 Å². The largest absolute Gasteiger partial charge is 0.508 e. The lowest BCUT2D eigenvalue weighted by Crippen LogP contribution is -2.20. The molecule has 0 saturated carbocycles. The van der Waals surface area contributed by atoms with Crippen LogP contribution in [0.4, 0.5) is 0 Å². The molecule has 1 heterocycles. The molecular formula is C29H24N2O5. The SMILES string of the molecule is NC(=O)COc1cccc(COC(=O)c2c3c(nc4ccccc24)/C(=C\c2ccc(O)cc2)CC3)c1. The summed E-state index contributed by atoms with van der Waals surface area (Å²) in [6.07, 6.45) is 3.47. The van der Waals surface area contributed by atoms with Crippen molar-refractivity contribution in [1.82, 2.24) is 4.98 Å². The van der Waals surface area contributed by atoms with Gasteiger partial charge in [-0.1, -0.05) is 42.5 Å². The topological polar surface area (TPSA) is 112 Å². The quantitative estimate of drug-likeness (QED) is 0.373. The molecule has 0 atom stereocenters. The number of allylic oxidation sites excluding steroid dienone is 1. The number of fused-ring (bicyclic) bond motifs is 2. The monoisotopic (exact) mass is 480 g/mol. The maximum absolute atomic E-state index is 13.4. The molecule has 0 saturated heterocycles. The second kappa shape index (κ2) is 9.92. The Bertz CT molecular complexity index is 1490. The number of aromatic hydroxyl groups is 1. The second-order valence-corrected chi connectivity index (χ2v) is 8.57. The van der Waals surface area contributed by atoms with Gasteiger partial charge in [0.15, 0.2) is 6.61 Å². The van der Waals surface area contributed by atoms with Gasteiger partial charge in [0.25, 0.3) is 5.91 Å². The number of hydrogen-bond donors (Lipinski definition) is 2. The van der Waals surface area contributed by atoms with Crippen LogP contribution in [0.1, 0.15) is 39.2 Å². The molecule has 0 fully saturated rings. The Hall–Kier alpha value is -4.65. The Morgan fingerprint density at radius 2 is 1.81 bits per heavy atom. The first-order chi connectivity index (χ1) is 17.5. The molecule has 7 nitrogen and oxygen atoms in total. The summed E-state index contributed by atoms with van der Waals surface area (Å²) in [4.78, 5) is 29.3. The van der Waals surface area contributed by atoms with Crippen molar-refractivity contribution in [2.24, 2.45) is 5.73 Å². The van der Waals surface area contributed by atoms with Crippen LogP contribution in [0.15, 0.2) is 72.8 Å². The first-order valence-electron chi connectivity index (χ1n) is 11.6. The molecule has 180 valence electrons. The van der Waals surface area contributed by atoms with Crippen LogP contribution in [-0.4, -0.2) is 28.6 Å². The molecule has 3 N–H and O–H groups in total. The molecule has 0 spiro atoms. The van der Waals surface area contributed by atoms with E-state index in [9.17, 15) is 14.7 Å². The van der Waals surface area contributed by atoms with Crippen molar-refractivity contribution >= 4 is 34.4 Å². The number of esters is 1. The van der Waals surface area contributed by atoms with Gasteiger partial charge in [0, 0.05) is 5.39 Å². The maximum atomic E-state index is 13.4. The number of phenols is 1. The molecule has 1 aromatic heterocycles. The Labute approximate surface area is 207 Å². The number of benzene rings is 3. The Balaban J connectivity index is 1.44. The predicted molar refractivity (Wildman–Crippen MR) is 136 cm³/mol. The second-order valence-electron chi connectivity index (χ2n) is 8.57. The Morgan fingerprint density at radius 1 is 1.00 bits per heavy atom. The van der Waals surface area contributed by atoms with Crippen LogP contribution in [0.3, 0.4) is 0 Å². The lowest BCUT2D eigenvalue weighted by Gasteiger charge is -2.13. The van der Waals surface area contributed by atoms with Crippen LogP contribution in [0.25, 0.3) is 22.6 Å². The predicted octanol–water partition coefficient (Wildman–Crippen LogP) is 4.65. The summed E-state index contributed by atoms with van der Waals surface area (Å²) >= 11 is 0. The Kier molecular flexibility index (Phi) is 6.36. The third kappa shape index (κ3) is 4.90. The van der Waals surface area contributed by atoms with E-state index in [4.69, 9.17) is 20.2 Å². The van der Waals surface area contributed by atoms with Gasteiger partial charge in [-0.25, -0.2) is 9.78 Å². The highest BCUT2D eigenvalue weighted by Gasteiger charge is 2.27. The number of pyridine rings is 1. The van der Waals surface area contributed by atoms with E-state index in [-0.39, 0.29) is 19.0 Å². The molecule has 36 heavy (non-hydrogen) atoms. The number of rotatable bonds is 7. The number of hydrogen-bond acceptors (Lipinski definition) is 6. The summed E-state index contributed by atoms with van der Waals surface area (Å²) < 4.78 is 11.1. The number of carbonyl (C=O) groups excluding carboxylic acids is 2.